The Balaban J connectivity index is 2.13. The van der Waals surface area contributed by atoms with Crippen molar-refractivity contribution in [1.82, 2.24) is 4.90 Å². The van der Waals surface area contributed by atoms with E-state index >= 15 is 0 Å². The lowest BCUT2D eigenvalue weighted by atomic mass is 10.2. The number of ether oxygens (including phenoxy) is 1. The zero-order chi connectivity index (χ0) is 17.0. The Labute approximate surface area is 149 Å². The van der Waals surface area contributed by atoms with Crippen LogP contribution in [0.1, 0.15) is 17.5 Å². The highest BCUT2D eigenvalue weighted by Crippen LogP contribution is 2.15. The van der Waals surface area contributed by atoms with Crippen LogP contribution in [0.3, 0.4) is 0 Å². The summed E-state index contributed by atoms with van der Waals surface area (Å²) in [6.45, 7) is 3.27. The van der Waals surface area contributed by atoms with Gasteiger partial charge in [-0.2, -0.15) is 0 Å². The molecule has 0 aliphatic heterocycles. The van der Waals surface area contributed by atoms with Gasteiger partial charge in [0.25, 0.3) is 0 Å². The molecule has 0 bridgehead atoms. The van der Waals surface area contributed by atoms with Gasteiger partial charge in [0.1, 0.15) is 0 Å². The molecule has 0 radical (unpaired) electrons. The van der Waals surface area contributed by atoms with Crippen LogP contribution in [0.25, 0.3) is 0 Å². The third-order valence-electron chi connectivity index (χ3n) is 3.64. The highest BCUT2D eigenvalue weighted by molar-refractivity contribution is 8.13. The summed E-state index contributed by atoms with van der Waals surface area (Å²) in [6, 6.07) is 21.1. The van der Waals surface area contributed by atoms with Crippen molar-refractivity contribution in [3.8, 4) is 0 Å². The van der Waals surface area contributed by atoms with Crippen molar-refractivity contribution in [2.75, 3.05) is 26.5 Å². The standard InChI is InChI=1S/C20H26N2OS/c1-23-15-9-14-21-20(24-2)22(16-18-10-5-3-6-11-18)17-19-12-7-4-8-13-19/h3-8,10-13H,9,14-17H2,1-2H3. The molecule has 4 heteroatoms. The molecule has 0 unspecified atom stereocenters. The largest absolute Gasteiger partial charge is 0.385 e. The van der Waals surface area contributed by atoms with Crippen molar-refractivity contribution in [3.05, 3.63) is 71.8 Å². The SMILES string of the molecule is COCCCN=C(SC)N(Cc1ccccc1)Cc1ccccc1. The highest BCUT2D eigenvalue weighted by Gasteiger charge is 2.12. The van der Waals surface area contributed by atoms with Crippen molar-refractivity contribution in [3.63, 3.8) is 0 Å². The number of rotatable bonds is 8. The Bertz CT molecular complexity index is 560. The summed E-state index contributed by atoms with van der Waals surface area (Å²) >= 11 is 1.71. The molecular weight excluding hydrogens is 316 g/mol. The van der Waals surface area contributed by atoms with Crippen LogP contribution < -0.4 is 0 Å². The molecule has 0 spiro atoms. The smallest absolute Gasteiger partial charge is 0.159 e. The Hall–Kier alpha value is -1.78. The molecule has 3 nitrogen and oxygen atoms in total. The topological polar surface area (TPSA) is 24.8 Å². The summed E-state index contributed by atoms with van der Waals surface area (Å²) in [5.74, 6) is 0. The number of methoxy groups -OCH3 is 1. The summed E-state index contributed by atoms with van der Waals surface area (Å²) in [4.78, 5) is 7.15. The predicted octanol–water partition coefficient (Wildman–Crippen LogP) is 4.44. The van der Waals surface area contributed by atoms with Crippen molar-refractivity contribution < 1.29 is 4.74 Å². The summed E-state index contributed by atoms with van der Waals surface area (Å²) in [5, 5.41) is 1.08. The second-order valence-corrected chi connectivity index (χ2v) is 6.32. The van der Waals surface area contributed by atoms with Gasteiger partial charge in [-0.25, -0.2) is 0 Å². The molecule has 128 valence electrons. The summed E-state index contributed by atoms with van der Waals surface area (Å²) in [7, 11) is 1.73. The van der Waals surface area contributed by atoms with E-state index in [-0.39, 0.29) is 0 Å². The average molecular weight is 343 g/mol. The number of hydrogen-bond acceptors (Lipinski definition) is 3. The van der Waals surface area contributed by atoms with E-state index in [4.69, 9.17) is 9.73 Å². The van der Waals surface area contributed by atoms with Crippen molar-refractivity contribution in [2.45, 2.75) is 19.5 Å². The van der Waals surface area contributed by atoms with E-state index in [1.165, 1.54) is 11.1 Å². The quantitative estimate of drug-likeness (QED) is 0.403. The first-order valence-corrected chi connectivity index (χ1v) is 9.46. The Morgan fingerprint density at radius 1 is 0.958 bits per heavy atom. The fraction of sp³-hybridized carbons (Fsp3) is 0.350. The zero-order valence-electron chi connectivity index (χ0n) is 14.5. The average Bonchev–Trinajstić information content (AvgIpc) is 2.63. The third-order valence-corrected chi connectivity index (χ3v) is 4.39. The maximum Gasteiger partial charge on any atom is 0.159 e. The van der Waals surface area contributed by atoms with Gasteiger partial charge in [0.05, 0.1) is 0 Å². The van der Waals surface area contributed by atoms with E-state index < -0.39 is 0 Å². The molecule has 0 amide bonds. The summed E-state index contributed by atoms with van der Waals surface area (Å²) < 4.78 is 5.12. The second-order valence-electron chi connectivity index (χ2n) is 5.54. The first-order chi connectivity index (χ1) is 11.8. The van der Waals surface area contributed by atoms with Crippen LogP contribution in [0.15, 0.2) is 65.7 Å². The number of amidine groups is 1. The zero-order valence-corrected chi connectivity index (χ0v) is 15.3. The monoisotopic (exact) mass is 342 g/mol. The lowest BCUT2D eigenvalue weighted by Gasteiger charge is -2.25. The minimum absolute atomic E-state index is 0.753. The molecule has 0 aliphatic carbocycles. The molecule has 2 aromatic rings. The summed E-state index contributed by atoms with van der Waals surface area (Å²) in [6.07, 6.45) is 3.04. The minimum atomic E-state index is 0.753. The first-order valence-electron chi connectivity index (χ1n) is 8.23. The summed E-state index contributed by atoms with van der Waals surface area (Å²) in [5.41, 5.74) is 2.60. The molecule has 2 aromatic carbocycles. The molecule has 0 heterocycles. The van der Waals surface area contributed by atoms with Gasteiger partial charge < -0.3 is 9.64 Å². The number of nitrogens with zero attached hydrogens (tertiary/aromatic N) is 2. The Kier molecular flexibility index (Phi) is 8.42. The molecule has 0 atom stereocenters. The van der Waals surface area contributed by atoms with Gasteiger partial charge in [-0.1, -0.05) is 72.4 Å². The second kappa shape index (κ2) is 10.9. The van der Waals surface area contributed by atoms with Gasteiger partial charge in [-0.15, -0.1) is 0 Å². The maximum atomic E-state index is 5.12. The fourth-order valence-corrected chi connectivity index (χ4v) is 3.08. The molecule has 0 saturated heterocycles. The number of hydrogen-bond donors (Lipinski definition) is 0. The van der Waals surface area contributed by atoms with Crippen molar-refractivity contribution in [1.29, 1.82) is 0 Å². The Morgan fingerprint density at radius 3 is 1.96 bits per heavy atom. The van der Waals surface area contributed by atoms with E-state index in [9.17, 15) is 0 Å². The van der Waals surface area contributed by atoms with Gasteiger partial charge in [-0.3, -0.25) is 4.99 Å². The van der Waals surface area contributed by atoms with Crippen LogP contribution in [-0.4, -0.2) is 36.6 Å². The molecule has 2 rings (SSSR count). The molecular formula is C20H26N2OS. The lowest BCUT2D eigenvalue weighted by Crippen LogP contribution is -2.28. The number of thioether (sulfide) groups is 1. The van der Waals surface area contributed by atoms with E-state index in [0.717, 1.165) is 37.8 Å². The fourth-order valence-electron chi connectivity index (χ4n) is 2.48. The van der Waals surface area contributed by atoms with Crippen molar-refractivity contribution >= 4 is 16.9 Å². The van der Waals surface area contributed by atoms with Crippen LogP contribution in [0, 0.1) is 0 Å². The normalized spacial score (nSPS) is 11.5. The molecule has 0 saturated carbocycles. The van der Waals surface area contributed by atoms with Gasteiger partial charge in [0, 0.05) is 33.4 Å². The highest BCUT2D eigenvalue weighted by atomic mass is 32.2. The molecule has 0 N–H and O–H groups in total. The minimum Gasteiger partial charge on any atom is -0.385 e. The molecule has 0 aromatic heterocycles. The van der Waals surface area contributed by atoms with Crippen LogP contribution in [0.4, 0.5) is 0 Å². The first kappa shape index (κ1) is 18.6. The number of benzene rings is 2. The van der Waals surface area contributed by atoms with Crippen LogP contribution in [0.5, 0.6) is 0 Å². The van der Waals surface area contributed by atoms with Crippen molar-refractivity contribution in [2.24, 2.45) is 4.99 Å². The molecule has 0 aliphatic rings. The van der Waals surface area contributed by atoms with Crippen LogP contribution in [0.2, 0.25) is 0 Å². The molecule has 0 fully saturated rings. The van der Waals surface area contributed by atoms with Crippen LogP contribution >= 0.6 is 11.8 Å². The predicted molar refractivity (Wildman–Crippen MR) is 104 cm³/mol. The van der Waals surface area contributed by atoms with E-state index in [0.29, 0.717) is 0 Å². The van der Waals surface area contributed by atoms with E-state index in [2.05, 4.69) is 71.8 Å². The van der Waals surface area contributed by atoms with Gasteiger partial charge in [0.15, 0.2) is 5.17 Å². The van der Waals surface area contributed by atoms with E-state index in [1.54, 1.807) is 18.9 Å². The lowest BCUT2D eigenvalue weighted by molar-refractivity contribution is 0.197. The van der Waals surface area contributed by atoms with E-state index in [1.807, 2.05) is 0 Å². The Morgan fingerprint density at radius 2 is 1.50 bits per heavy atom. The third kappa shape index (κ3) is 6.38. The molecule has 24 heavy (non-hydrogen) atoms. The maximum absolute atomic E-state index is 5.12. The van der Waals surface area contributed by atoms with Gasteiger partial charge >= 0.3 is 0 Å². The van der Waals surface area contributed by atoms with Gasteiger partial charge in [0.2, 0.25) is 0 Å². The van der Waals surface area contributed by atoms with Gasteiger partial charge in [-0.05, 0) is 23.8 Å². The van der Waals surface area contributed by atoms with Crippen LogP contribution in [-0.2, 0) is 17.8 Å². The number of aliphatic imine (C=N–C) groups is 1.